The van der Waals surface area contributed by atoms with Crippen molar-refractivity contribution in [1.82, 2.24) is 0 Å². The molecule has 0 atom stereocenters. The Hall–Kier alpha value is -3.25. The molecule has 0 aliphatic rings. The van der Waals surface area contributed by atoms with Gasteiger partial charge < -0.3 is 4.90 Å². The van der Waals surface area contributed by atoms with Gasteiger partial charge in [-0.1, -0.05) is 38.3 Å². The molecule has 0 heterocycles. The molecule has 0 fully saturated rings. The van der Waals surface area contributed by atoms with Crippen LogP contribution < -0.4 is 9.62 Å². The normalized spacial score (nSPS) is 11.7. The SMILES string of the molecule is CCCCCCS(=O)(=O)Nc1ccc(C(=O)C(C#N)=Cc2ccc(N(CCF)CCF)cc2)cc1. The van der Waals surface area contributed by atoms with E-state index >= 15 is 0 Å². The molecule has 2 aromatic carbocycles. The predicted molar refractivity (Wildman–Crippen MR) is 137 cm³/mol. The first kappa shape index (κ1) is 28.0. The summed E-state index contributed by atoms with van der Waals surface area (Å²) in [5.74, 6) is -0.463. The zero-order valence-corrected chi connectivity index (χ0v) is 20.7. The maximum Gasteiger partial charge on any atom is 0.232 e. The molecule has 1 N–H and O–H groups in total. The van der Waals surface area contributed by atoms with Crippen LogP contribution in [0.15, 0.2) is 54.1 Å². The highest BCUT2D eigenvalue weighted by atomic mass is 32.2. The maximum atomic E-state index is 12.8. The third kappa shape index (κ3) is 9.13. The second kappa shape index (κ2) is 14.2. The molecule has 188 valence electrons. The van der Waals surface area contributed by atoms with E-state index in [0.717, 1.165) is 19.3 Å². The number of Topliss-reactive ketones (excluding diaryl/α,β-unsaturated/α-hetero) is 1. The van der Waals surface area contributed by atoms with Crippen molar-refractivity contribution in [2.24, 2.45) is 0 Å². The van der Waals surface area contributed by atoms with Crippen molar-refractivity contribution >= 4 is 33.3 Å². The summed E-state index contributed by atoms with van der Waals surface area (Å²) in [4.78, 5) is 14.4. The van der Waals surface area contributed by atoms with Crippen LogP contribution in [0.2, 0.25) is 0 Å². The van der Waals surface area contributed by atoms with Crippen molar-refractivity contribution in [3.05, 3.63) is 65.2 Å². The standard InChI is InChI=1S/C26H31F2N3O3S/c1-2-3-4-5-18-35(33,34)30-24-10-8-22(9-11-24)26(32)23(20-29)19-21-6-12-25(13-7-21)31(16-14-27)17-15-28/h6-13,19,30H,2-5,14-18H2,1H3. The highest BCUT2D eigenvalue weighted by molar-refractivity contribution is 7.92. The molecule has 2 rings (SSSR count). The number of hydrogen-bond donors (Lipinski definition) is 1. The Bertz CT molecular complexity index is 1120. The summed E-state index contributed by atoms with van der Waals surface area (Å²) in [5, 5.41) is 9.51. The van der Waals surface area contributed by atoms with Crippen LogP contribution in [0.4, 0.5) is 20.2 Å². The number of nitrogens with zero attached hydrogens (tertiary/aromatic N) is 2. The highest BCUT2D eigenvalue weighted by Gasteiger charge is 2.14. The number of nitrogens with one attached hydrogen (secondary N) is 1. The number of alkyl halides is 2. The van der Waals surface area contributed by atoms with Crippen LogP contribution in [-0.2, 0) is 10.0 Å². The molecule has 9 heteroatoms. The fraction of sp³-hybridized carbons (Fsp3) is 0.385. The van der Waals surface area contributed by atoms with Gasteiger partial charge in [-0.25, -0.2) is 17.2 Å². The van der Waals surface area contributed by atoms with Gasteiger partial charge in [0.25, 0.3) is 0 Å². The van der Waals surface area contributed by atoms with Crippen LogP contribution in [0.25, 0.3) is 6.08 Å². The minimum atomic E-state index is -3.47. The zero-order valence-electron chi connectivity index (χ0n) is 19.8. The van der Waals surface area contributed by atoms with Crippen LogP contribution >= 0.6 is 0 Å². The van der Waals surface area contributed by atoms with Crippen molar-refractivity contribution in [2.45, 2.75) is 32.6 Å². The summed E-state index contributed by atoms with van der Waals surface area (Å²) in [6.45, 7) is 0.999. The van der Waals surface area contributed by atoms with Crippen LogP contribution in [0, 0.1) is 11.3 Å². The summed E-state index contributed by atoms with van der Waals surface area (Å²) >= 11 is 0. The number of ketones is 1. The number of halogens is 2. The number of hydrogen-bond acceptors (Lipinski definition) is 5. The average molecular weight is 504 g/mol. The van der Waals surface area contributed by atoms with Crippen molar-refractivity contribution < 1.29 is 22.0 Å². The third-order valence-corrected chi connectivity index (χ3v) is 6.70. The number of anilines is 2. The molecule has 0 amide bonds. The summed E-state index contributed by atoms with van der Waals surface area (Å²) in [5.41, 5.74) is 1.74. The van der Waals surface area contributed by atoms with E-state index < -0.39 is 29.2 Å². The lowest BCUT2D eigenvalue weighted by Crippen LogP contribution is -2.27. The van der Waals surface area contributed by atoms with Crippen LogP contribution in [0.3, 0.4) is 0 Å². The lowest BCUT2D eigenvalue weighted by atomic mass is 10.0. The number of rotatable bonds is 15. The third-order valence-electron chi connectivity index (χ3n) is 5.33. The lowest BCUT2D eigenvalue weighted by molar-refractivity contribution is 0.104. The van der Waals surface area contributed by atoms with E-state index in [1.807, 2.05) is 6.07 Å². The van der Waals surface area contributed by atoms with Crippen molar-refractivity contribution in [1.29, 1.82) is 5.26 Å². The molecule has 0 saturated heterocycles. The second-order valence-electron chi connectivity index (χ2n) is 8.01. The van der Waals surface area contributed by atoms with Gasteiger partial charge in [0.15, 0.2) is 0 Å². The molecular weight excluding hydrogens is 472 g/mol. The largest absolute Gasteiger partial charge is 0.366 e. The Morgan fingerprint density at radius 2 is 1.63 bits per heavy atom. The molecule has 0 spiro atoms. The fourth-order valence-corrected chi connectivity index (χ4v) is 4.65. The zero-order chi connectivity index (χ0) is 25.7. The molecule has 35 heavy (non-hydrogen) atoms. The predicted octanol–water partition coefficient (Wildman–Crippen LogP) is 5.54. The smallest absolute Gasteiger partial charge is 0.232 e. The minimum absolute atomic E-state index is 0.0348. The van der Waals surface area contributed by atoms with Gasteiger partial charge in [-0.15, -0.1) is 0 Å². The molecule has 6 nitrogen and oxygen atoms in total. The first-order valence-electron chi connectivity index (χ1n) is 11.6. The number of carbonyl (C=O) groups excluding carboxylic acids is 1. The molecule has 0 radical (unpaired) electrons. The van der Waals surface area contributed by atoms with Crippen LogP contribution in [0.1, 0.15) is 48.5 Å². The van der Waals surface area contributed by atoms with Crippen molar-refractivity contribution in [3.63, 3.8) is 0 Å². The van der Waals surface area contributed by atoms with Crippen molar-refractivity contribution in [2.75, 3.05) is 41.8 Å². The van der Waals surface area contributed by atoms with E-state index in [4.69, 9.17) is 0 Å². The Kier molecular flexibility index (Phi) is 11.4. The van der Waals surface area contributed by atoms with Gasteiger partial charge in [0, 0.05) is 30.0 Å². The molecule has 0 aliphatic carbocycles. The van der Waals surface area contributed by atoms with Gasteiger partial charge in [-0.2, -0.15) is 5.26 Å². The van der Waals surface area contributed by atoms with Gasteiger partial charge in [0.2, 0.25) is 15.8 Å². The Morgan fingerprint density at radius 1 is 1.00 bits per heavy atom. The van der Waals surface area contributed by atoms with E-state index in [2.05, 4.69) is 11.6 Å². The first-order chi connectivity index (χ1) is 16.8. The highest BCUT2D eigenvalue weighted by Crippen LogP contribution is 2.20. The van der Waals surface area contributed by atoms with Gasteiger partial charge >= 0.3 is 0 Å². The van der Waals surface area contributed by atoms with E-state index in [1.165, 1.54) is 30.3 Å². The lowest BCUT2D eigenvalue weighted by Gasteiger charge is -2.22. The van der Waals surface area contributed by atoms with Gasteiger partial charge in [-0.3, -0.25) is 9.52 Å². The quantitative estimate of drug-likeness (QED) is 0.149. The van der Waals surface area contributed by atoms with E-state index in [-0.39, 0.29) is 30.0 Å². The number of benzene rings is 2. The Labute approximate surface area is 206 Å². The molecule has 0 aliphatic heterocycles. The topological polar surface area (TPSA) is 90.3 Å². The average Bonchev–Trinajstić information content (AvgIpc) is 2.85. The summed E-state index contributed by atoms with van der Waals surface area (Å²) < 4.78 is 52.3. The van der Waals surface area contributed by atoms with Gasteiger partial charge in [0.05, 0.1) is 5.75 Å². The number of unbranched alkanes of at least 4 members (excludes halogenated alkanes) is 3. The monoisotopic (exact) mass is 503 g/mol. The number of allylic oxidation sites excluding steroid dienone is 1. The van der Waals surface area contributed by atoms with E-state index in [1.54, 1.807) is 29.2 Å². The van der Waals surface area contributed by atoms with Crippen LogP contribution in [-0.4, -0.2) is 46.4 Å². The van der Waals surface area contributed by atoms with Crippen molar-refractivity contribution in [3.8, 4) is 6.07 Å². The summed E-state index contributed by atoms with van der Waals surface area (Å²) in [7, 11) is -3.47. The molecule has 0 aromatic heterocycles. The minimum Gasteiger partial charge on any atom is -0.366 e. The molecule has 0 unspecified atom stereocenters. The number of sulfonamides is 1. The Morgan fingerprint density at radius 3 is 2.17 bits per heavy atom. The summed E-state index contributed by atoms with van der Waals surface area (Å²) in [6, 6.07) is 14.5. The van der Waals surface area contributed by atoms with Gasteiger partial charge in [-0.05, 0) is 54.5 Å². The van der Waals surface area contributed by atoms with E-state index in [9.17, 15) is 27.3 Å². The maximum absolute atomic E-state index is 12.8. The molecule has 2 aromatic rings. The number of nitriles is 1. The Balaban J connectivity index is 2.09. The van der Waals surface area contributed by atoms with E-state index in [0.29, 0.717) is 23.4 Å². The second-order valence-corrected chi connectivity index (χ2v) is 9.86. The molecular formula is C26H31F2N3O3S. The number of carbonyl (C=O) groups is 1. The molecule has 0 saturated carbocycles. The summed E-state index contributed by atoms with van der Waals surface area (Å²) in [6.07, 6.45) is 4.88. The van der Waals surface area contributed by atoms with Crippen LogP contribution in [0.5, 0.6) is 0 Å². The first-order valence-corrected chi connectivity index (χ1v) is 13.2. The fourth-order valence-electron chi connectivity index (χ4n) is 3.47. The van der Waals surface area contributed by atoms with Gasteiger partial charge in [0.1, 0.15) is 25.0 Å². The molecule has 0 bridgehead atoms.